The summed E-state index contributed by atoms with van der Waals surface area (Å²) >= 11 is 8.23. The summed E-state index contributed by atoms with van der Waals surface area (Å²) in [5, 5.41) is 0. The van der Waals surface area contributed by atoms with Gasteiger partial charge in [0.25, 0.3) is 0 Å². The summed E-state index contributed by atoms with van der Waals surface area (Å²) in [5.41, 5.74) is 7.70. The Bertz CT molecular complexity index is 575. The highest BCUT2D eigenvalue weighted by Gasteiger charge is 2.04. The monoisotopic (exact) mass is 389 g/mol. The molecule has 0 heterocycles. The second kappa shape index (κ2) is 6.08. The van der Waals surface area contributed by atoms with Crippen molar-refractivity contribution in [3.8, 4) is 0 Å². The Kier molecular flexibility index (Phi) is 4.70. The molecule has 2 N–H and O–H groups in total. The van der Waals surface area contributed by atoms with Gasteiger partial charge >= 0.3 is 0 Å². The third kappa shape index (κ3) is 3.49. The fraction of sp³-hybridized carbons (Fsp3) is 0.0769. The molecule has 0 atom stereocenters. The summed E-state index contributed by atoms with van der Waals surface area (Å²) in [6, 6.07) is 10.8. The highest BCUT2D eigenvalue weighted by Crippen LogP contribution is 2.31. The van der Waals surface area contributed by atoms with Crippen LogP contribution in [-0.2, 0) is 5.75 Å². The Morgan fingerprint density at radius 1 is 1.11 bits per heavy atom. The average Bonchev–Trinajstić information content (AvgIpc) is 2.34. The third-order valence-electron chi connectivity index (χ3n) is 2.35. The van der Waals surface area contributed by atoms with Gasteiger partial charge in [-0.1, -0.05) is 22.0 Å². The van der Waals surface area contributed by atoms with Crippen LogP contribution >= 0.6 is 43.6 Å². The number of nitrogens with two attached hydrogens (primary N) is 1. The van der Waals surface area contributed by atoms with E-state index in [0.717, 1.165) is 26.4 Å². The maximum absolute atomic E-state index is 13.1. The zero-order chi connectivity index (χ0) is 13.1. The zero-order valence-corrected chi connectivity index (χ0v) is 13.3. The molecule has 1 nitrogen and oxygen atoms in total. The van der Waals surface area contributed by atoms with Crippen molar-refractivity contribution in [2.45, 2.75) is 10.6 Å². The van der Waals surface area contributed by atoms with Gasteiger partial charge in [0, 0.05) is 20.8 Å². The zero-order valence-electron chi connectivity index (χ0n) is 9.29. The first-order valence-electron chi connectivity index (χ1n) is 5.18. The largest absolute Gasteiger partial charge is 0.398 e. The molecule has 0 unspecified atom stereocenters. The molecule has 0 radical (unpaired) electrons. The Labute approximate surface area is 126 Å². The molecule has 5 heteroatoms. The van der Waals surface area contributed by atoms with E-state index in [1.807, 2.05) is 18.2 Å². The SMILES string of the molecule is Nc1ccc(Br)cc1SCc1ccc(F)c(Br)c1. The lowest BCUT2D eigenvalue weighted by Crippen LogP contribution is -1.89. The summed E-state index contributed by atoms with van der Waals surface area (Å²) in [5.74, 6) is 0.505. The van der Waals surface area contributed by atoms with Crippen molar-refractivity contribution in [1.29, 1.82) is 0 Å². The molecular weight excluding hydrogens is 381 g/mol. The fourth-order valence-electron chi connectivity index (χ4n) is 1.42. The molecule has 2 aromatic carbocycles. The van der Waals surface area contributed by atoms with E-state index in [-0.39, 0.29) is 5.82 Å². The number of benzene rings is 2. The van der Waals surface area contributed by atoms with E-state index in [2.05, 4.69) is 31.9 Å². The first kappa shape index (κ1) is 13.9. The molecule has 0 amide bonds. The number of halogens is 3. The van der Waals surface area contributed by atoms with Gasteiger partial charge in [-0.3, -0.25) is 0 Å². The van der Waals surface area contributed by atoms with Crippen LogP contribution in [0.25, 0.3) is 0 Å². The van der Waals surface area contributed by atoms with E-state index >= 15 is 0 Å². The molecule has 0 saturated heterocycles. The lowest BCUT2D eigenvalue weighted by Gasteiger charge is -2.06. The van der Waals surface area contributed by atoms with Crippen LogP contribution in [0.2, 0.25) is 0 Å². The van der Waals surface area contributed by atoms with Gasteiger partial charge in [-0.15, -0.1) is 11.8 Å². The number of thioether (sulfide) groups is 1. The predicted molar refractivity (Wildman–Crippen MR) is 82.2 cm³/mol. The van der Waals surface area contributed by atoms with Crippen LogP contribution < -0.4 is 5.73 Å². The molecule has 0 aliphatic rings. The van der Waals surface area contributed by atoms with Gasteiger partial charge in [0.05, 0.1) is 4.47 Å². The maximum atomic E-state index is 13.1. The minimum Gasteiger partial charge on any atom is -0.398 e. The van der Waals surface area contributed by atoms with Crippen molar-refractivity contribution >= 4 is 49.3 Å². The normalized spacial score (nSPS) is 10.6. The minimum absolute atomic E-state index is 0.245. The van der Waals surface area contributed by atoms with E-state index in [1.54, 1.807) is 23.9 Å². The second-order valence-corrected chi connectivity index (χ2v) is 6.51. The van der Waals surface area contributed by atoms with Crippen molar-refractivity contribution in [3.05, 3.63) is 56.7 Å². The van der Waals surface area contributed by atoms with Crippen molar-refractivity contribution in [3.63, 3.8) is 0 Å². The van der Waals surface area contributed by atoms with Gasteiger partial charge in [-0.25, -0.2) is 4.39 Å². The molecule has 0 spiro atoms. The second-order valence-electron chi connectivity index (χ2n) is 3.72. The van der Waals surface area contributed by atoms with E-state index in [0.29, 0.717) is 4.47 Å². The first-order chi connectivity index (χ1) is 8.56. The molecule has 0 saturated carbocycles. The van der Waals surface area contributed by atoms with Crippen LogP contribution in [0.15, 0.2) is 50.2 Å². The maximum Gasteiger partial charge on any atom is 0.137 e. The molecule has 18 heavy (non-hydrogen) atoms. The summed E-state index contributed by atoms with van der Waals surface area (Å²) in [6.07, 6.45) is 0. The molecule has 0 aliphatic heterocycles. The Morgan fingerprint density at radius 3 is 2.61 bits per heavy atom. The fourth-order valence-corrected chi connectivity index (χ4v) is 3.31. The van der Waals surface area contributed by atoms with Crippen molar-refractivity contribution < 1.29 is 4.39 Å². The van der Waals surface area contributed by atoms with E-state index in [4.69, 9.17) is 5.73 Å². The van der Waals surface area contributed by atoms with Crippen LogP contribution in [0.5, 0.6) is 0 Å². The number of nitrogen functional groups attached to an aromatic ring is 1. The van der Waals surface area contributed by atoms with E-state index < -0.39 is 0 Å². The van der Waals surface area contributed by atoms with Crippen molar-refractivity contribution in [1.82, 2.24) is 0 Å². The summed E-state index contributed by atoms with van der Waals surface area (Å²) in [4.78, 5) is 1.02. The van der Waals surface area contributed by atoms with Crippen LogP contribution in [0.1, 0.15) is 5.56 Å². The number of rotatable bonds is 3. The van der Waals surface area contributed by atoms with Crippen LogP contribution in [0, 0.1) is 5.82 Å². The summed E-state index contributed by atoms with van der Waals surface area (Å²) in [6.45, 7) is 0. The quantitative estimate of drug-likeness (QED) is 0.573. The highest BCUT2D eigenvalue weighted by molar-refractivity contribution is 9.10. The summed E-state index contributed by atoms with van der Waals surface area (Å²) in [7, 11) is 0. The smallest absolute Gasteiger partial charge is 0.137 e. The van der Waals surface area contributed by atoms with Crippen LogP contribution in [0.4, 0.5) is 10.1 Å². The predicted octanol–water partition coefficient (Wildman–Crippen LogP) is 5.23. The molecule has 2 aromatic rings. The lowest BCUT2D eigenvalue weighted by molar-refractivity contribution is 0.620. The third-order valence-corrected chi connectivity index (χ3v) is 4.60. The number of anilines is 1. The first-order valence-corrected chi connectivity index (χ1v) is 7.75. The van der Waals surface area contributed by atoms with Crippen LogP contribution in [-0.4, -0.2) is 0 Å². The number of hydrogen-bond donors (Lipinski definition) is 1. The Morgan fingerprint density at radius 2 is 1.89 bits per heavy atom. The van der Waals surface area contributed by atoms with Crippen LogP contribution in [0.3, 0.4) is 0 Å². The molecule has 94 valence electrons. The molecule has 0 aromatic heterocycles. The standard InChI is InChI=1S/C13H10Br2FNS/c14-9-2-4-12(17)13(6-9)18-7-8-1-3-11(16)10(15)5-8/h1-6H,7,17H2. The molecule has 0 fully saturated rings. The van der Waals surface area contributed by atoms with Crippen molar-refractivity contribution in [2.24, 2.45) is 0 Å². The topological polar surface area (TPSA) is 26.0 Å². The Balaban J connectivity index is 2.11. The number of hydrogen-bond acceptors (Lipinski definition) is 2. The Hall–Kier alpha value is -0.520. The summed E-state index contributed by atoms with van der Waals surface area (Å²) < 4.78 is 14.6. The lowest BCUT2D eigenvalue weighted by atomic mass is 10.2. The minimum atomic E-state index is -0.245. The van der Waals surface area contributed by atoms with E-state index in [1.165, 1.54) is 6.07 Å². The van der Waals surface area contributed by atoms with Gasteiger partial charge in [0.1, 0.15) is 5.82 Å². The van der Waals surface area contributed by atoms with Gasteiger partial charge in [-0.05, 0) is 51.8 Å². The highest BCUT2D eigenvalue weighted by atomic mass is 79.9. The molecule has 0 aliphatic carbocycles. The molecular formula is C13H10Br2FNS. The average molecular weight is 391 g/mol. The van der Waals surface area contributed by atoms with E-state index in [9.17, 15) is 4.39 Å². The molecule has 0 bridgehead atoms. The van der Waals surface area contributed by atoms with Gasteiger partial charge in [0.15, 0.2) is 0 Å². The van der Waals surface area contributed by atoms with Gasteiger partial charge < -0.3 is 5.73 Å². The van der Waals surface area contributed by atoms with Crippen molar-refractivity contribution in [2.75, 3.05) is 5.73 Å². The van der Waals surface area contributed by atoms with Gasteiger partial charge in [0.2, 0.25) is 0 Å². The van der Waals surface area contributed by atoms with Gasteiger partial charge in [-0.2, -0.15) is 0 Å². The molecule has 2 rings (SSSR count).